The molecule has 1 aliphatic heterocycles. The van der Waals surface area contributed by atoms with Gasteiger partial charge in [0.25, 0.3) is 5.91 Å². The molecule has 0 spiro atoms. The molecule has 0 radical (unpaired) electrons. The Kier molecular flexibility index (Phi) is 5.85. The lowest BCUT2D eigenvalue weighted by Gasteiger charge is -2.39. The van der Waals surface area contributed by atoms with Crippen molar-refractivity contribution in [2.45, 2.75) is 25.7 Å². The molecule has 2 aromatic rings. The number of primary amides is 1. The summed E-state index contributed by atoms with van der Waals surface area (Å²) in [6.45, 7) is 3.40. The summed E-state index contributed by atoms with van der Waals surface area (Å²) in [5.74, 6) is -0.728. The van der Waals surface area contributed by atoms with Gasteiger partial charge in [0.2, 0.25) is 0 Å². The highest BCUT2D eigenvalue weighted by atomic mass is 35.5. The fourth-order valence-corrected chi connectivity index (χ4v) is 3.58. The standard InChI is InChI=1S/C18H19ClF3N5O2/c1-11-9-25(10-12-6-13(18(20,21)22)8-14(19)7-12)4-5-26(11)17(29)27-3-2-15(24-27)16(23)28/h2-3,6-8,11H,4-5,9-10H2,1H3,(H2,23,28). The van der Waals surface area contributed by atoms with Crippen molar-refractivity contribution in [1.29, 1.82) is 0 Å². The molecular weight excluding hydrogens is 411 g/mol. The predicted octanol–water partition coefficient (Wildman–Crippen LogP) is 2.83. The first-order chi connectivity index (χ1) is 13.5. The minimum atomic E-state index is -4.47. The Morgan fingerprint density at radius 3 is 2.59 bits per heavy atom. The zero-order valence-corrected chi connectivity index (χ0v) is 16.2. The van der Waals surface area contributed by atoms with Crippen molar-refractivity contribution in [2.24, 2.45) is 5.73 Å². The number of alkyl halides is 3. The fourth-order valence-electron chi connectivity index (χ4n) is 3.32. The Hall–Kier alpha value is -2.59. The van der Waals surface area contributed by atoms with E-state index < -0.39 is 23.7 Å². The second kappa shape index (κ2) is 8.03. The largest absolute Gasteiger partial charge is 0.416 e. The van der Waals surface area contributed by atoms with Gasteiger partial charge in [-0.2, -0.15) is 23.0 Å². The third-order valence-electron chi connectivity index (χ3n) is 4.69. The highest BCUT2D eigenvalue weighted by Crippen LogP contribution is 2.32. The number of carbonyl (C=O) groups is 2. The molecule has 2 N–H and O–H groups in total. The van der Waals surface area contributed by atoms with Gasteiger partial charge in [-0.25, -0.2) is 4.79 Å². The molecule has 1 saturated heterocycles. The van der Waals surface area contributed by atoms with Gasteiger partial charge in [0.1, 0.15) is 0 Å². The van der Waals surface area contributed by atoms with E-state index in [9.17, 15) is 22.8 Å². The van der Waals surface area contributed by atoms with E-state index >= 15 is 0 Å². The number of hydrogen-bond acceptors (Lipinski definition) is 4. The number of halogens is 4. The van der Waals surface area contributed by atoms with Gasteiger partial charge < -0.3 is 10.6 Å². The smallest absolute Gasteiger partial charge is 0.364 e. The van der Waals surface area contributed by atoms with Gasteiger partial charge in [-0.05, 0) is 36.8 Å². The zero-order chi connectivity index (χ0) is 21.3. The van der Waals surface area contributed by atoms with Gasteiger partial charge in [0.05, 0.1) is 5.56 Å². The summed E-state index contributed by atoms with van der Waals surface area (Å²) in [5, 5.41) is 3.89. The molecule has 1 aliphatic rings. The molecule has 11 heteroatoms. The van der Waals surface area contributed by atoms with E-state index in [0.717, 1.165) is 16.8 Å². The Labute approximate surface area is 169 Å². The van der Waals surface area contributed by atoms with Crippen molar-refractivity contribution in [1.82, 2.24) is 19.6 Å². The van der Waals surface area contributed by atoms with Crippen LogP contribution in [0.5, 0.6) is 0 Å². The molecular formula is C18H19ClF3N5O2. The van der Waals surface area contributed by atoms with Gasteiger partial charge in [0.15, 0.2) is 5.69 Å². The van der Waals surface area contributed by atoms with E-state index in [1.165, 1.54) is 18.3 Å². The third-order valence-corrected chi connectivity index (χ3v) is 4.90. The average Bonchev–Trinajstić information content (AvgIpc) is 3.10. The van der Waals surface area contributed by atoms with Crippen molar-refractivity contribution < 1.29 is 22.8 Å². The minimum Gasteiger partial charge on any atom is -0.364 e. The van der Waals surface area contributed by atoms with Crippen molar-refractivity contribution in [2.75, 3.05) is 19.6 Å². The lowest BCUT2D eigenvalue weighted by atomic mass is 10.1. The van der Waals surface area contributed by atoms with Crippen LogP contribution in [-0.2, 0) is 12.7 Å². The summed E-state index contributed by atoms with van der Waals surface area (Å²) in [5.41, 5.74) is 4.81. The Morgan fingerprint density at radius 2 is 2.00 bits per heavy atom. The summed E-state index contributed by atoms with van der Waals surface area (Å²) in [4.78, 5) is 27.3. The Balaban J connectivity index is 1.66. The highest BCUT2D eigenvalue weighted by Gasteiger charge is 2.32. The second-order valence-corrected chi connectivity index (χ2v) is 7.35. The molecule has 1 fully saturated rings. The van der Waals surface area contributed by atoms with Gasteiger partial charge in [-0.1, -0.05) is 11.6 Å². The van der Waals surface area contributed by atoms with Crippen LogP contribution in [0, 0.1) is 0 Å². The lowest BCUT2D eigenvalue weighted by Crippen LogP contribution is -2.54. The number of hydrogen-bond donors (Lipinski definition) is 1. The molecule has 7 nitrogen and oxygen atoms in total. The van der Waals surface area contributed by atoms with Gasteiger partial charge in [0, 0.05) is 43.4 Å². The summed E-state index contributed by atoms with van der Waals surface area (Å²) in [7, 11) is 0. The van der Waals surface area contributed by atoms with E-state index in [-0.39, 0.29) is 23.3 Å². The van der Waals surface area contributed by atoms with Crippen LogP contribution in [-0.4, -0.2) is 57.2 Å². The fraction of sp³-hybridized carbons (Fsp3) is 0.389. The van der Waals surface area contributed by atoms with E-state index in [0.29, 0.717) is 25.2 Å². The number of amides is 2. The number of nitrogens with two attached hydrogens (primary N) is 1. The topological polar surface area (TPSA) is 84.5 Å². The summed E-state index contributed by atoms with van der Waals surface area (Å²) < 4.78 is 40.0. The predicted molar refractivity (Wildman–Crippen MR) is 99.4 cm³/mol. The van der Waals surface area contributed by atoms with Crippen molar-refractivity contribution >= 4 is 23.5 Å². The van der Waals surface area contributed by atoms with E-state index in [1.807, 2.05) is 11.8 Å². The number of nitrogens with zero attached hydrogens (tertiary/aromatic N) is 4. The normalized spacial score (nSPS) is 18.1. The molecule has 29 heavy (non-hydrogen) atoms. The van der Waals surface area contributed by atoms with Crippen molar-refractivity contribution in [3.05, 3.63) is 52.3 Å². The van der Waals surface area contributed by atoms with Gasteiger partial charge in [-0.15, -0.1) is 0 Å². The quantitative estimate of drug-likeness (QED) is 0.813. The van der Waals surface area contributed by atoms with Gasteiger partial charge in [-0.3, -0.25) is 9.69 Å². The molecule has 0 bridgehead atoms. The van der Waals surface area contributed by atoms with Crippen LogP contribution in [0.2, 0.25) is 5.02 Å². The molecule has 2 amide bonds. The summed E-state index contributed by atoms with van der Waals surface area (Å²) in [6, 6.07) is 4.25. The average molecular weight is 430 g/mol. The van der Waals surface area contributed by atoms with Crippen LogP contribution in [0.15, 0.2) is 30.5 Å². The minimum absolute atomic E-state index is 0.00827. The maximum Gasteiger partial charge on any atom is 0.416 e. The molecule has 1 unspecified atom stereocenters. The highest BCUT2D eigenvalue weighted by molar-refractivity contribution is 6.30. The molecule has 0 aliphatic carbocycles. The number of carbonyl (C=O) groups excluding carboxylic acids is 2. The molecule has 1 aromatic carbocycles. The molecule has 156 valence electrons. The van der Waals surface area contributed by atoms with Crippen LogP contribution < -0.4 is 5.73 Å². The maximum absolute atomic E-state index is 13.0. The zero-order valence-electron chi connectivity index (χ0n) is 15.5. The third kappa shape index (κ3) is 4.88. The first kappa shape index (κ1) is 21.1. The summed E-state index contributed by atoms with van der Waals surface area (Å²) >= 11 is 5.85. The summed E-state index contributed by atoms with van der Waals surface area (Å²) in [6.07, 6.45) is -3.10. The SMILES string of the molecule is CC1CN(Cc2cc(Cl)cc(C(F)(F)F)c2)CCN1C(=O)n1ccc(C(N)=O)n1. The van der Waals surface area contributed by atoms with Crippen LogP contribution in [0.4, 0.5) is 18.0 Å². The van der Waals surface area contributed by atoms with Crippen LogP contribution in [0.3, 0.4) is 0 Å². The van der Waals surface area contributed by atoms with Crippen molar-refractivity contribution in [3.63, 3.8) is 0 Å². The maximum atomic E-state index is 13.0. The molecule has 3 rings (SSSR count). The second-order valence-electron chi connectivity index (χ2n) is 6.92. The first-order valence-electron chi connectivity index (χ1n) is 8.80. The number of benzene rings is 1. The molecule has 0 saturated carbocycles. The van der Waals surface area contributed by atoms with Crippen molar-refractivity contribution in [3.8, 4) is 0 Å². The monoisotopic (exact) mass is 429 g/mol. The van der Waals surface area contributed by atoms with Crippen LogP contribution in [0.25, 0.3) is 0 Å². The molecule has 1 aromatic heterocycles. The number of piperazine rings is 1. The number of rotatable bonds is 3. The molecule has 1 atom stereocenters. The van der Waals surface area contributed by atoms with Crippen LogP contribution >= 0.6 is 11.6 Å². The first-order valence-corrected chi connectivity index (χ1v) is 9.18. The van der Waals surface area contributed by atoms with E-state index in [1.54, 1.807) is 4.90 Å². The van der Waals surface area contributed by atoms with E-state index in [4.69, 9.17) is 17.3 Å². The van der Waals surface area contributed by atoms with E-state index in [2.05, 4.69) is 5.10 Å². The van der Waals surface area contributed by atoms with Gasteiger partial charge >= 0.3 is 12.2 Å². The Bertz CT molecular complexity index is 930. The Morgan fingerprint density at radius 1 is 1.28 bits per heavy atom. The number of aromatic nitrogens is 2. The van der Waals surface area contributed by atoms with Crippen LogP contribution in [0.1, 0.15) is 28.5 Å². The molecule has 2 heterocycles. The lowest BCUT2D eigenvalue weighted by molar-refractivity contribution is -0.137.